The van der Waals surface area contributed by atoms with E-state index >= 15 is 0 Å². The summed E-state index contributed by atoms with van der Waals surface area (Å²) in [6.07, 6.45) is -1.67. The van der Waals surface area contributed by atoms with Crippen LogP contribution < -0.4 is 5.32 Å². The minimum atomic E-state index is -4.43. The van der Waals surface area contributed by atoms with Crippen molar-refractivity contribution in [2.24, 2.45) is 5.92 Å². The molecule has 0 aliphatic carbocycles. The molecule has 0 unspecified atom stereocenters. The number of carbonyl (C=O) groups excluding carboxylic acids is 1. The standard InChI is InChI=1S/C19H19ClF3N5O/c1-27-6-4-11(5-7-27)18(29)26-12-2-3-14-13(8-12)15-16(17(20)25-10-24-15)28(14)9-19(21,22)23/h2-3,8,10-11H,4-7,9H2,1H3,(H,26,29). The van der Waals surface area contributed by atoms with Crippen molar-refractivity contribution < 1.29 is 18.0 Å². The van der Waals surface area contributed by atoms with E-state index in [1.54, 1.807) is 18.2 Å². The van der Waals surface area contributed by atoms with E-state index in [1.165, 1.54) is 6.33 Å². The number of anilines is 1. The van der Waals surface area contributed by atoms with Crippen LogP contribution >= 0.6 is 11.6 Å². The number of rotatable bonds is 3. The SMILES string of the molecule is CN1CCC(C(=O)Nc2ccc3c(c2)c2ncnc(Cl)c2n3CC(F)(F)F)CC1. The van der Waals surface area contributed by atoms with Crippen molar-refractivity contribution in [3.63, 3.8) is 0 Å². The van der Waals surface area contributed by atoms with Gasteiger partial charge in [-0.25, -0.2) is 9.97 Å². The number of nitrogens with one attached hydrogen (secondary N) is 1. The highest BCUT2D eigenvalue weighted by atomic mass is 35.5. The van der Waals surface area contributed by atoms with Crippen LogP contribution in [0, 0.1) is 5.92 Å². The van der Waals surface area contributed by atoms with Gasteiger partial charge in [-0.3, -0.25) is 4.79 Å². The summed E-state index contributed by atoms with van der Waals surface area (Å²) in [6, 6.07) is 4.78. The Morgan fingerprint density at radius 1 is 1.28 bits per heavy atom. The van der Waals surface area contributed by atoms with Crippen molar-refractivity contribution in [2.75, 3.05) is 25.5 Å². The first kappa shape index (κ1) is 19.9. The maximum absolute atomic E-state index is 13.1. The number of amides is 1. The molecule has 6 nitrogen and oxygen atoms in total. The number of alkyl halides is 3. The van der Waals surface area contributed by atoms with Gasteiger partial charge >= 0.3 is 6.18 Å². The van der Waals surface area contributed by atoms with Crippen LogP contribution in [-0.2, 0) is 11.3 Å². The van der Waals surface area contributed by atoms with Gasteiger partial charge in [0, 0.05) is 17.0 Å². The number of piperidine rings is 1. The Morgan fingerprint density at radius 3 is 2.69 bits per heavy atom. The third-order valence-electron chi connectivity index (χ3n) is 5.28. The summed E-state index contributed by atoms with van der Waals surface area (Å²) in [5, 5.41) is 3.32. The summed E-state index contributed by atoms with van der Waals surface area (Å²) in [5.74, 6) is -0.158. The van der Waals surface area contributed by atoms with E-state index in [0.29, 0.717) is 22.1 Å². The highest BCUT2D eigenvalue weighted by molar-refractivity contribution is 6.34. The molecule has 10 heteroatoms. The van der Waals surface area contributed by atoms with E-state index in [2.05, 4.69) is 20.2 Å². The highest BCUT2D eigenvalue weighted by Crippen LogP contribution is 2.35. The van der Waals surface area contributed by atoms with E-state index in [-0.39, 0.29) is 22.5 Å². The zero-order valence-electron chi connectivity index (χ0n) is 15.6. The van der Waals surface area contributed by atoms with Gasteiger partial charge in [0.15, 0.2) is 5.15 Å². The van der Waals surface area contributed by atoms with Gasteiger partial charge in [-0.2, -0.15) is 13.2 Å². The van der Waals surface area contributed by atoms with Crippen molar-refractivity contribution in [1.29, 1.82) is 0 Å². The summed E-state index contributed by atoms with van der Waals surface area (Å²) in [4.78, 5) is 22.7. The molecule has 1 aliphatic rings. The van der Waals surface area contributed by atoms with Crippen molar-refractivity contribution in [2.45, 2.75) is 25.6 Å². The zero-order chi connectivity index (χ0) is 20.8. The van der Waals surface area contributed by atoms with Crippen molar-refractivity contribution in [1.82, 2.24) is 19.4 Å². The molecular weight excluding hydrogens is 407 g/mol. The maximum Gasteiger partial charge on any atom is 0.406 e. The minimum absolute atomic E-state index is 0.0487. The van der Waals surface area contributed by atoms with Crippen LogP contribution in [0.1, 0.15) is 12.8 Å². The molecule has 4 rings (SSSR count). The number of hydrogen-bond acceptors (Lipinski definition) is 4. The molecule has 0 bridgehead atoms. The first-order valence-electron chi connectivity index (χ1n) is 9.21. The molecule has 1 aliphatic heterocycles. The second-order valence-electron chi connectivity index (χ2n) is 7.36. The molecule has 1 amide bonds. The molecule has 3 aromatic rings. The van der Waals surface area contributed by atoms with E-state index in [1.807, 2.05) is 7.05 Å². The number of aromatic nitrogens is 3. The van der Waals surface area contributed by atoms with Gasteiger partial charge in [0.2, 0.25) is 5.91 Å². The minimum Gasteiger partial charge on any atom is -0.327 e. The largest absolute Gasteiger partial charge is 0.406 e. The lowest BCUT2D eigenvalue weighted by Crippen LogP contribution is -2.35. The van der Waals surface area contributed by atoms with Gasteiger partial charge in [-0.15, -0.1) is 0 Å². The van der Waals surface area contributed by atoms with Gasteiger partial charge in [0.25, 0.3) is 0 Å². The molecule has 2 aromatic heterocycles. The lowest BCUT2D eigenvalue weighted by atomic mass is 9.96. The van der Waals surface area contributed by atoms with Gasteiger partial charge in [0.05, 0.1) is 5.52 Å². The van der Waals surface area contributed by atoms with Crippen molar-refractivity contribution >= 4 is 45.1 Å². The van der Waals surface area contributed by atoms with Gasteiger partial charge in [-0.1, -0.05) is 11.6 Å². The molecule has 29 heavy (non-hydrogen) atoms. The van der Waals surface area contributed by atoms with Crippen molar-refractivity contribution in [3.05, 3.63) is 29.7 Å². The first-order chi connectivity index (χ1) is 13.7. The van der Waals surface area contributed by atoms with Crippen LogP contribution in [0.15, 0.2) is 24.5 Å². The Balaban J connectivity index is 1.71. The fraction of sp³-hybridized carbons (Fsp3) is 0.421. The number of benzene rings is 1. The average molecular weight is 426 g/mol. The second kappa shape index (κ2) is 7.46. The van der Waals surface area contributed by atoms with Gasteiger partial charge < -0.3 is 14.8 Å². The second-order valence-corrected chi connectivity index (χ2v) is 7.72. The van der Waals surface area contributed by atoms with E-state index in [0.717, 1.165) is 30.5 Å². The topological polar surface area (TPSA) is 63.1 Å². The lowest BCUT2D eigenvalue weighted by Gasteiger charge is -2.28. The molecule has 0 atom stereocenters. The number of nitrogens with zero attached hydrogens (tertiary/aromatic N) is 4. The normalized spacial score (nSPS) is 16.6. The third kappa shape index (κ3) is 4.02. The molecule has 0 spiro atoms. The number of likely N-dealkylation sites (tertiary alicyclic amines) is 1. The summed E-state index contributed by atoms with van der Waals surface area (Å²) < 4.78 is 40.4. The Hall–Kier alpha value is -2.39. The Bertz CT molecular complexity index is 1070. The summed E-state index contributed by atoms with van der Waals surface area (Å²) in [7, 11) is 2.02. The van der Waals surface area contributed by atoms with Crippen LogP contribution in [0.2, 0.25) is 5.15 Å². The van der Waals surface area contributed by atoms with E-state index < -0.39 is 12.7 Å². The monoisotopic (exact) mass is 425 g/mol. The summed E-state index contributed by atoms with van der Waals surface area (Å²) in [5.41, 5.74) is 1.29. The fourth-order valence-corrected chi connectivity index (χ4v) is 4.05. The van der Waals surface area contributed by atoms with E-state index in [9.17, 15) is 18.0 Å². The molecule has 0 radical (unpaired) electrons. The fourth-order valence-electron chi connectivity index (χ4n) is 3.81. The van der Waals surface area contributed by atoms with Crippen LogP contribution in [0.5, 0.6) is 0 Å². The van der Waals surface area contributed by atoms with Crippen LogP contribution in [0.25, 0.3) is 21.9 Å². The molecule has 3 heterocycles. The number of halogens is 4. The average Bonchev–Trinajstić information content (AvgIpc) is 2.95. The van der Waals surface area contributed by atoms with Gasteiger partial charge in [-0.05, 0) is 51.2 Å². The Labute approximate surface area is 169 Å². The number of hydrogen-bond donors (Lipinski definition) is 1. The first-order valence-corrected chi connectivity index (χ1v) is 9.59. The number of fused-ring (bicyclic) bond motifs is 3. The predicted molar refractivity (Wildman–Crippen MR) is 105 cm³/mol. The lowest BCUT2D eigenvalue weighted by molar-refractivity contribution is -0.139. The molecule has 154 valence electrons. The quantitative estimate of drug-likeness (QED) is 0.642. The summed E-state index contributed by atoms with van der Waals surface area (Å²) >= 11 is 6.09. The van der Waals surface area contributed by atoms with E-state index in [4.69, 9.17) is 11.6 Å². The molecule has 1 saturated heterocycles. The molecule has 1 N–H and O–H groups in total. The molecule has 1 fully saturated rings. The predicted octanol–water partition coefficient (Wildman–Crippen LogP) is 4.08. The van der Waals surface area contributed by atoms with Crippen LogP contribution in [0.3, 0.4) is 0 Å². The third-order valence-corrected chi connectivity index (χ3v) is 5.56. The summed E-state index contributed by atoms with van der Waals surface area (Å²) in [6.45, 7) is 0.510. The smallest absolute Gasteiger partial charge is 0.327 e. The van der Waals surface area contributed by atoms with Gasteiger partial charge in [0.1, 0.15) is 23.9 Å². The van der Waals surface area contributed by atoms with Crippen LogP contribution in [-0.4, -0.2) is 51.7 Å². The highest BCUT2D eigenvalue weighted by Gasteiger charge is 2.31. The molecule has 1 aromatic carbocycles. The Kier molecular flexibility index (Phi) is 5.12. The number of carbonyl (C=O) groups is 1. The van der Waals surface area contributed by atoms with Crippen LogP contribution in [0.4, 0.5) is 18.9 Å². The molecular formula is C19H19ClF3N5O. The molecule has 0 saturated carbocycles. The van der Waals surface area contributed by atoms with Crippen molar-refractivity contribution in [3.8, 4) is 0 Å². The Morgan fingerprint density at radius 2 is 2.00 bits per heavy atom. The zero-order valence-corrected chi connectivity index (χ0v) is 16.4. The maximum atomic E-state index is 13.1.